The molecule has 20 heavy (non-hydrogen) atoms. The Kier molecular flexibility index (Phi) is 4.52. The van der Waals surface area contributed by atoms with Crippen LogP contribution in [0.3, 0.4) is 0 Å². The van der Waals surface area contributed by atoms with Gasteiger partial charge in [-0.2, -0.15) is 5.26 Å². The van der Waals surface area contributed by atoms with Gasteiger partial charge < -0.3 is 5.32 Å². The summed E-state index contributed by atoms with van der Waals surface area (Å²) in [4.78, 5) is 2.34. The lowest BCUT2D eigenvalue weighted by Gasteiger charge is -2.16. The molecule has 0 aliphatic rings. The number of anilines is 1. The largest absolute Gasteiger partial charge is 0.365 e. The van der Waals surface area contributed by atoms with Crippen molar-refractivity contribution < 1.29 is 0 Å². The van der Waals surface area contributed by atoms with E-state index in [0.717, 1.165) is 15.0 Å². The topological polar surface area (TPSA) is 35.8 Å². The van der Waals surface area contributed by atoms with Gasteiger partial charge in [0.25, 0.3) is 0 Å². The van der Waals surface area contributed by atoms with E-state index in [1.807, 2.05) is 30.3 Å². The summed E-state index contributed by atoms with van der Waals surface area (Å²) in [5.41, 5.74) is 1.06. The van der Waals surface area contributed by atoms with Gasteiger partial charge in [0.15, 0.2) is 0 Å². The Labute approximate surface area is 132 Å². The summed E-state index contributed by atoms with van der Waals surface area (Å²) in [5, 5.41) is 12.7. The predicted molar refractivity (Wildman–Crippen MR) is 89.1 cm³/mol. The molecule has 104 valence electrons. The van der Waals surface area contributed by atoms with Crippen LogP contribution >= 0.6 is 27.3 Å². The summed E-state index contributed by atoms with van der Waals surface area (Å²) in [5.74, 6) is 0. The molecule has 4 heteroatoms. The van der Waals surface area contributed by atoms with Crippen molar-refractivity contribution in [3.05, 3.63) is 50.6 Å². The van der Waals surface area contributed by atoms with Gasteiger partial charge >= 0.3 is 0 Å². The van der Waals surface area contributed by atoms with E-state index < -0.39 is 0 Å². The number of rotatable bonds is 3. The second-order valence-corrected chi connectivity index (χ2v) is 7.61. The molecule has 2 nitrogen and oxygen atoms in total. The van der Waals surface area contributed by atoms with Crippen LogP contribution in [0.15, 0.2) is 40.9 Å². The van der Waals surface area contributed by atoms with Crippen LogP contribution in [-0.4, -0.2) is 0 Å². The van der Waals surface area contributed by atoms with Gasteiger partial charge in [-0.15, -0.1) is 11.3 Å². The summed E-state index contributed by atoms with van der Waals surface area (Å²) < 4.78 is 0.966. The Morgan fingerprint density at radius 3 is 2.45 bits per heavy atom. The summed E-state index contributed by atoms with van der Waals surface area (Å²) in [7, 11) is 0. The number of benzene rings is 1. The summed E-state index contributed by atoms with van der Waals surface area (Å²) in [6.07, 6.45) is 0. The zero-order chi connectivity index (χ0) is 14.8. The first-order valence-electron chi connectivity index (χ1n) is 6.42. The fourth-order valence-corrected chi connectivity index (χ4v) is 3.27. The third kappa shape index (κ3) is 3.41. The highest BCUT2D eigenvalue weighted by molar-refractivity contribution is 9.10. The summed E-state index contributed by atoms with van der Waals surface area (Å²) in [6.45, 7) is 6.56. The normalized spacial score (nSPS) is 12.8. The summed E-state index contributed by atoms with van der Waals surface area (Å²) in [6, 6.07) is 14.0. The Balaban J connectivity index is 2.24. The first kappa shape index (κ1) is 15.1. The highest BCUT2D eigenvalue weighted by Gasteiger charge is 2.20. The van der Waals surface area contributed by atoms with E-state index in [-0.39, 0.29) is 11.5 Å². The van der Waals surface area contributed by atoms with Crippen LogP contribution < -0.4 is 5.32 Å². The molecule has 0 bridgehead atoms. The first-order valence-corrected chi connectivity index (χ1v) is 8.03. The van der Waals surface area contributed by atoms with Gasteiger partial charge in [-0.05, 0) is 45.6 Å². The van der Waals surface area contributed by atoms with E-state index in [4.69, 9.17) is 0 Å². The van der Waals surface area contributed by atoms with E-state index in [1.165, 1.54) is 4.88 Å². The third-order valence-corrected chi connectivity index (χ3v) is 5.22. The Bertz CT molecular complexity index is 634. The van der Waals surface area contributed by atoms with E-state index in [0.29, 0.717) is 0 Å². The van der Waals surface area contributed by atoms with Gasteiger partial charge in [-0.3, -0.25) is 0 Å². The standard InChI is InChI=1S/C16H17BrN2S/c1-16(2,3)15-9-8-14(20-15)13(10-18)19-12-7-5-4-6-11(12)17/h4-9,13,19H,1-3H3. The van der Waals surface area contributed by atoms with Crippen molar-refractivity contribution in [2.24, 2.45) is 0 Å². The van der Waals surface area contributed by atoms with E-state index in [2.05, 4.69) is 54.2 Å². The minimum Gasteiger partial charge on any atom is -0.365 e. The minimum atomic E-state index is -0.324. The lowest BCUT2D eigenvalue weighted by Crippen LogP contribution is -2.09. The number of hydrogen-bond donors (Lipinski definition) is 1. The molecule has 2 rings (SSSR count). The molecule has 0 amide bonds. The maximum Gasteiger partial charge on any atom is 0.149 e. The molecular formula is C16H17BrN2S. The van der Waals surface area contributed by atoms with Gasteiger partial charge in [0, 0.05) is 19.9 Å². The molecular weight excluding hydrogens is 332 g/mol. The van der Waals surface area contributed by atoms with Gasteiger partial charge in [0.2, 0.25) is 0 Å². The molecule has 1 heterocycles. The molecule has 0 fully saturated rings. The Morgan fingerprint density at radius 1 is 1.20 bits per heavy atom. The van der Waals surface area contributed by atoms with Crippen molar-refractivity contribution in [2.45, 2.75) is 32.2 Å². The van der Waals surface area contributed by atoms with Crippen molar-refractivity contribution in [1.82, 2.24) is 0 Å². The van der Waals surface area contributed by atoms with E-state index in [1.54, 1.807) is 11.3 Å². The molecule has 0 saturated heterocycles. The van der Waals surface area contributed by atoms with Crippen LogP contribution in [0, 0.1) is 11.3 Å². The number of thiophene rings is 1. The van der Waals surface area contributed by atoms with E-state index in [9.17, 15) is 5.26 Å². The zero-order valence-electron chi connectivity index (χ0n) is 11.8. The quantitative estimate of drug-likeness (QED) is 0.796. The van der Waals surface area contributed by atoms with Crippen LogP contribution in [0.25, 0.3) is 0 Å². The van der Waals surface area contributed by atoms with Gasteiger partial charge in [-0.1, -0.05) is 32.9 Å². The van der Waals surface area contributed by atoms with Crippen molar-refractivity contribution in [3.8, 4) is 6.07 Å². The molecule has 0 spiro atoms. The molecule has 2 aromatic rings. The monoisotopic (exact) mass is 348 g/mol. The maximum absolute atomic E-state index is 9.42. The van der Waals surface area contributed by atoms with Crippen LogP contribution in [0.1, 0.15) is 36.6 Å². The molecule has 1 unspecified atom stereocenters. The lowest BCUT2D eigenvalue weighted by molar-refractivity contribution is 0.604. The molecule has 1 N–H and O–H groups in total. The van der Waals surface area contributed by atoms with Crippen molar-refractivity contribution >= 4 is 33.0 Å². The van der Waals surface area contributed by atoms with Crippen molar-refractivity contribution in [1.29, 1.82) is 5.26 Å². The van der Waals surface area contributed by atoms with Crippen LogP contribution in [0.5, 0.6) is 0 Å². The van der Waals surface area contributed by atoms with Gasteiger partial charge in [0.05, 0.1) is 6.07 Å². The molecule has 0 radical (unpaired) electrons. The highest BCUT2D eigenvalue weighted by Crippen LogP contribution is 2.34. The number of nitrogens with zero attached hydrogens (tertiary/aromatic N) is 1. The lowest BCUT2D eigenvalue weighted by atomic mass is 9.95. The van der Waals surface area contributed by atoms with Crippen LogP contribution in [0.4, 0.5) is 5.69 Å². The molecule has 1 aromatic heterocycles. The zero-order valence-corrected chi connectivity index (χ0v) is 14.2. The first-order chi connectivity index (χ1) is 9.41. The van der Waals surface area contributed by atoms with Gasteiger partial charge in [0.1, 0.15) is 6.04 Å². The molecule has 1 atom stereocenters. The minimum absolute atomic E-state index is 0.121. The second-order valence-electron chi connectivity index (χ2n) is 5.64. The third-order valence-electron chi connectivity index (χ3n) is 2.95. The van der Waals surface area contributed by atoms with Crippen LogP contribution in [0.2, 0.25) is 0 Å². The molecule has 0 aliphatic heterocycles. The fourth-order valence-electron chi connectivity index (χ4n) is 1.81. The molecule has 1 aromatic carbocycles. The number of para-hydroxylation sites is 1. The van der Waals surface area contributed by atoms with Gasteiger partial charge in [-0.25, -0.2) is 0 Å². The summed E-state index contributed by atoms with van der Waals surface area (Å²) >= 11 is 5.19. The number of hydrogen-bond acceptors (Lipinski definition) is 3. The SMILES string of the molecule is CC(C)(C)c1ccc(C(C#N)Nc2ccccc2Br)s1. The highest BCUT2D eigenvalue weighted by atomic mass is 79.9. The molecule has 0 aliphatic carbocycles. The second kappa shape index (κ2) is 5.99. The maximum atomic E-state index is 9.42. The smallest absolute Gasteiger partial charge is 0.149 e. The fraction of sp³-hybridized carbons (Fsp3) is 0.312. The van der Waals surface area contributed by atoms with Crippen LogP contribution in [-0.2, 0) is 5.41 Å². The Hall–Kier alpha value is -1.31. The van der Waals surface area contributed by atoms with Crippen molar-refractivity contribution in [2.75, 3.05) is 5.32 Å². The molecule has 0 saturated carbocycles. The van der Waals surface area contributed by atoms with Crippen molar-refractivity contribution in [3.63, 3.8) is 0 Å². The predicted octanol–water partition coefficient (Wildman–Crippen LogP) is 5.48. The number of nitriles is 1. The number of nitrogens with one attached hydrogen (secondary N) is 1. The average molecular weight is 349 g/mol. The Morgan fingerprint density at radius 2 is 1.90 bits per heavy atom. The average Bonchev–Trinajstić information content (AvgIpc) is 2.87. The van der Waals surface area contributed by atoms with E-state index >= 15 is 0 Å². The number of halogens is 1.